The molecule has 2 heterocycles. The van der Waals surface area contributed by atoms with Gasteiger partial charge < -0.3 is 4.74 Å². The standard InChI is InChI=1S/C12H22N4O4S/c1-3-10-21(18,19)14-5-4-11-13-16(8-9-20-2)12(17)15(11)7-6-14/h3-10H2,1-2H3. The maximum Gasteiger partial charge on any atom is 0.346 e. The van der Waals surface area contributed by atoms with Crippen LogP contribution in [0.4, 0.5) is 0 Å². The summed E-state index contributed by atoms with van der Waals surface area (Å²) >= 11 is 0. The molecule has 0 N–H and O–H groups in total. The molecule has 1 aromatic heterocycles. The van der Waals surface area contributed by atoms with E-state index in [0.717, 1.165) is 0 Å². The number of aromatic nitrogens is 3. The summed E-state index contributed by atoms with van der Waals surface area (Å²) in [5, 5.41) is 4.28. The third kappa shape index (κ3) is 3.53. The molecule has 0 aromatic carbocycles. The maximum atomic E-state index is 12.2. The fourth-order valence-corrected chi connectivity index (χ4v) is 3.94. The predicted molar refractivity (Wildman–Crippen MR) is 77.7 cm³/mol. The molecule has 0 fully saturated rings. The van der Waals surface area contributed by atoms with Crippen molar-refractivity contribution in [2.45, 2.75) is 32.9 Å². The molecule has 120 valence electrons. The summed E-state index contributed by atoms with van der Waals surface area (Å²) in [6.45, 7) is 3.73. The van der Waals surface area contributed by atoms with E-state index in [1.165, 1.54) is 8.99 Å². The SMILES string of the molecule is CCCS(=O)(=O)N1CCc2nn(CCOC)c(=O)n2CC1. The summed E-state index contributed by atoms with van der Waals surface area (Å²) in [5.41, 5.74) is -0.197. The van der Waals surface area contributed by atoms with E-state index < -0.39 is 10.0 Å². The number of hydrogen-bond donors (Lipinski definition) is 0. The van der Waals surface area contributed by atoms with E-state index in [1.807, 2.05) is 6.92 Å². The first kappa shape index (κ1) is 16.2. The van der Waals surface area contributed by atoms with Crippen LogP contribution < -0.4 is 5.69 Å². The van der Waals surface area contributed by atoms with Crippen LogP contribution in [0.3, 0.4) is 0 Å². The Bertz CT molecular complexity index is 634. The van der Waals surface area contributed by atoms with Crippen LogP contribution in [0.5, 0.6) is 0 Å². The van der Waals surface area contributed by atoms with Gasteiger partial charge in [0.25, 0.3) is 0 Å². The van der Waals surface area contributed by atoms with Crippen LogP contribution >= 0.6 is 0 Å². The fourth-order valence-electron chi connectivity index (χ4n) is 2.43. The average Bonchev–Trinajstić information content (AvgIpc) is 2.62. The van der Waals surface area contributed by atoms with Crippen LogP contribution in [0, 0.1) is 0 Å². The van der Waals surface area contributed by atoms with Gasteiger partial charge in [-0.1, -0.05) is 6.92 Å². The number of methoxy groups -OCH3 is 1. The van der Waals surface area contributed by atoms with Crippen molar-refractivity contribution in [1.29, 1.82) is 0 Å². The normalized spacial score (nSPS) is 16.7. The lowest BCUT2D eigenvalue weighted by Gasteiger charge is -2.19. The maximum absolute atomic E-state index is 12.2. The molecule has 8 nitrogen and oxygen atoms in total. The van der Waals surface area contributed by atoms with Crippen molar-refractivity contribution in [2.75, 3.05) is 32.6 Å². The monoisotopic (exact) mass is 318 g/mol. The van der Waals surface area contributed by atoms with Gasteiger partial charge in [0.2, 0.25) is 10.0 Å². The predicted octanol–water partition coefficient (Wildman–Crippen LogP) is -0.711. The molecule has 0 radical (unpaired) electrons. The van der Waals surface area contributed by atoms with Crippen LogP contribution in [0.25, 0.3) is 0 Å². The van der Waals surface area contributed by atoms with Gasteiger partial charge in [-0.25, -0.2) is 17.9 Å². The Morgan fingerprint density at radius 1 is 1.29 bits per heavy atom. The molecule has 1 aliphatic heterocycles. The van der Waals surface area contributed by atoms with Gasteiger partial charge in [0.15, 0.2) is 0 Å². The van der Waals surface area contributed by atoms with E-state index in [-0.39, 0.29) is 11.4 Å². The molecular formula is C12H22N4O4S. The quantitative estimate of drug-likeness (QED) is 0.691. The van der Waals surface area contributed by atoms with Crippen molar-refractivity contribution < 1.29 is 13.2 Å². The first-order chi connectivity index (χ1) is 9.99. The lowest BCUT2D eigenvalue weighted by Crippen LogP contribution is -2.36. The third-order valence-corrected chi connectivity index (χ3v) is 5.60. The third-order valence-electron chi connectivity index (χ3n) is 3.52. The van der Waals surface area contributed by atoms with Gasteiger partial charge in [0, 0.05) is 33.2 Å². The summed E-state index contributed by atoms with van der Waals surface area (Å²) in [6.07, 6.45) is 1.05. The van der Waals surface area contributed by atoms with E-state index >= 15 is 0 Å². The lowest BCUT2D eigenvalue weighted by molar-refractivity contribution is 0.182. The van der Waals surface area contributed by atoms with Gasteiger partial charge in [-0.2, -0.15) is 9.40 Å². The van der Waals surface area contributed by atoms with Crippen LogP contribution in [0.15, 0.2) is 4.79 Å². The van der Waals surface area contributed by atoms with Crippen molar-refractivity contribution in [2.24, 2.45) is 0 Å². The summed E-state index contributed by atoms with van der Waals surface area (Å²) in [5.74, 6) is 0.790. The number of sulfonamides is 1. The summed E-state index contributed by atoms with van der Waals surface area (Å²) in [7, 11) is -1.65. The number of nitrogens with zero attached hydrogens (tertiary/aromatic N) is 4. The van der Waals surface area contributed by atoms with E-state index in [1.54, 1.807) is 11.7 Å². The molecule has 0 amide bonds. The Labute approximate surface area is 124 Å². The van der Waals surface area contributed by atoms with Crippen molar-refractivity contribution in [3.8, 4) is 0 Å². The smallest absolute Gasteiger partial charge is 0.346 e. The average molecular weight is 318 g/mol. The van der Waals surface area contributed by atoms with Crippen LogP contribution in [0.1, 0.15) is 19.2 Å². The fraction of sp³-hybridized carbons (Fsp3) is 0.833. The minimum Gasteiger partial charge on any atom is -0.383 e. The molecule has 0 bridgehead atoms. The van der Waals surface area contributed by atoms with Crippen molar-refractivity contribution >= 4 is 10.0 Å². The molecule has 1 aromatic rings. The highest BCUT2D eigenvalue weighted by atomic mass is 32.2. The summed E-state index contributed by atoms with van der Waals surface area (Å²) in [6, 6.07) is 0. The van der Waals surface area contributed by atoms with Gasteiger partial charge >= 0.3 is 5.69 Å². The number of rotatable bonds is 6. The zero-order chi connectivity index (χ0) is 15.5. The number of ether oxygens (including phenoxy) is 1. The number of hydrogen-bond acceptors (Lipinski definition) is 5. The molecule has 21 heavy (non-hydrogen) atoms. The second kappa shape index (κ2) is 6.71. The van der Waals surface area contributed by atoms with Crippen molar-refractivity contribution in [3.63, 3.8) is 0 Å². The molecule has 9 heteroatoms. The highest BCUT2D eigenvalue weighted by Gasteiger charge is 2.26. The van der Waals surface area contributed by atoms with Gasteiger partial charge in [-0.05, 0) is 6.42 Å². The van der Waals surface area contributed by atoms with E-state index in [9.17, 15) is 13.2 Å². The summed E-state index contributed by atoms with van der Waals surface area (Å²) < 4.78 is 33.6. The Balaban J connectivity index is 2.15. The minimum absolute atomic E-state index is 0.146. The molecule has 0 saturated heterocycles. The first-order valence-corrected chi connectivity index (χ1v) is 8.73. The first-order valence-electron chi connectivity index (χ1n) is 7.13. The molecule has 0 spiro atoms. The molecule has 2 rings (SSSR count). The largest absolute Gasteiger partial charge is 0.383 e. The highest BCUT2D eigenvalue weighted by molar-refractivity contribution is 7.89. The van der Waals surface area contributed by atoms with Crippen LogP contribution in [-0.2, 0) is 34.3 Å². The lowest BCUT2D eigenvalue weighted by atomic mass is 10.4. The molecule has 0 saturated carbocycles. The summed E-state index contributed by atoms with van der Waals surface area (Å²) in [4.78, 5) is 12.2. The molecule has 1 aliphatic rings. The Kier molecular flexibility index (Phi) is 5.17. The molecule has 0 atom stereocenters. The molecular weight excluding hydrogens is 296 g/mol. The Morgan fingerprint density at radius 3 is 2.71 bits per heavy atom. The molecule has 0 unspecified atom stereocenters. The van der Waals surface area contributed by atoms with Crippen molar-refractivity contribution in [1.82, 2.24) is 18.7 Å². The Hall–Kier alpha value is -1.19. The van der Waals surface area contributed by atoms with Gasteiger partial charge in [0.05, 0.1) is 18.9 Å². The van der Waals surface area contributed by atoms with Crippen LogP contribution in [0.2, 0.25) is 0 Å². The second-order valence-corrected chi connectivity index (χ2v) is 7.12. The zero-order valence-electron chi connectivity index (χ0n) is 12.5. The Morgan fingerprint density at radius 2 is 2.05 bits per heavy atom. The van der Waals surface area contributed by atoms with E-state index in [4.69, 9.17) is 4.74 Å². The van der Waals surface area contributed by atoms with Crippen LogP contribution in [-0.4, -0.2) is 59.6 Å². The van der Waals surface area contributed by atoms with Gasteiger partial charge in [0.1, 0.15) is 5.82 Å². The highest BCUT2D eigenvalue weighted by Crippen LogP contribution is 2.10. The van der Waals surface area contributed by atoms with Gasteiger partial charge in [-0.15, -0.1) is 0 Å². The zero-order valence-corrected chi connectivity index (χ0v) is 13.3. The van der Waals surface area contributed by atoms with E-state index in [0.29, 0.717) is 51.5 Å². The second-order valence-electron chi connectivity index (χ2n) is 5.03. The van der Waals surface area contributed by atoms with Gasteiger partial charge in [-0.3, -0.25) is 4.57 Å². The van der Waals surface area contributed by atoms with E-state index in [2.05, 4.69) is 5.10 Å². The number of fused-ring (bicyclic) bond motifs is 1. The topological polar surface area (TPSA) is 86.4 Å². The minimum atomic E-state index is -3.23. The van der Waals surface area contributed by atoms with Crippen molar-refractivity contribution in [3.05, 3.63) is 16.3 Å². The molecule has 0 aliphatic carbocycles.